The second-order valence-electron chi connectivity index (χ2n) is 4.34. The standard InChI is InChI=1S/C10H17ClN4O/c1-6-7(12)8(14-9(11)13-6)15(4)10(2,3)5-16/h16H,5,12H2,1-4H3. The molecule has 5 nitrogen and oxygen atoms in total. The van der Waals surface area contributed by atoms with Crippen LogP contribution in [0.2, 0.25) is 5.28 Å². The van der Waals surface area contributed by atoms with Gasteiger partial charge in [0.25, 0.3) is 0 Å². The fraction of sp³-hybridized carbons (Fsp3) is 0.600. The lowest BCUT2D eigenvalue weighted by atomic mass is 10.1. The molecular formula is C10H17ClN4O. The highest BCUT2D eigenvalue weighted by Crippen LogP contribution is 2.28. The summed E-state index contributed by atoms with van der Waals surface area (Å²) in [7, 11) is 1.81. The quantitative estimate of drug-likeness (QED) is 0.783. The van der Waals surface area contributed by atoms with Crippen molar-refractivity contribution < 1.29 is 5.11 Å². The number of likely N-dealkylation sites (N-methyl/N-ethyl adjacent to an activating group) is 1. The summed E-state index contributed by atoms with van der Waals surface area (Å²) in [4.78, 5) is 9.85. The number of hydrogen-bond acceptors (Lipinski definition) is 5. The van der Waals surface area contributed by atoms with E-state index >= 15 is 0 Å². The summed E-state index contributed by atoms with van der Waals surface area (Å²) >= 11 is 5.79. The van der Waals surface area contributed by atoms with E-state index in [4.69, 9.17) is 17.3 Å². The van der Waals surface area contributed by atoms with Gasteiger partial charge in [0.1, 0.15) is 0 Å². The van der Waals surface area contributed by atoms with Gasteiger partial charge in [0.05, 0.1) is 23.5 Å². The van der Waals surface area contributed by atoms with Crippen LogP contribution in [0.15, 0.2) is 0 Å². The third kappa shape index (κ3) is 2.36. The molecule has 0 unspecified atom stereocenters. The Morgan fingerprint density at radius 3 is 2.50 bits per heavy atom. The average molecular weight is 245 g/mol. The van der Waals surface area contributed by atoms with E-state index in [-0.39, 0.29) is 11.9 Å². The second kappa shape index (κ2) is 4.43. The number of nitrogen functional groups attached to an aromatic ring is 1. The molecule has 0 aliphatic heterocycles. The highest BCUT2D eigenvalue weighted by Gasteiger charge is 2.26. The summed E-state index contributed by atoms with van der Waals surface area (Å²) in [6.07, 6.45) is 0. The Morgan fingerprint density at radius 1 is 1.44 bits per heavy atom. The van der Waals surface area contributed by atoms with Gasteiger partial charge in [0.2, 0.25) is 5.28 Å². The molecule has 0 saturated heterocycles. The van der Waals surface area contributed by atoms with Gasteiger partial charge in [-0.1, -0.05) is 0 Å². The van der Waals surface area contributed by atoms with Crippen LogP contribution in [0, 0.1) is 6.92 Å². The average Bonchev–Trinajstić information content (AvgIpc) is 2.22. The Kier molecular flexibility index (Phi) is 3.60. The van der Waals surface area contributed by atoms with E-state index in [2.05, 4.69) is 9.97 Å². The number of aryl methyl sites for hydroxylation is 1. The van der Waals surface area contributed by atoms with Crippen LogP contribution in [0.1, 0.15) is 19.5 Å². The van der Waals surface area contributed by atoms with Gasteiger partial charge in [-0.05, 0) is 32.4 Å². The Bertz CT molecular complexity index is 395. The first-order chi connectivity index (χ1) is 7.29. The van der Waals surface area contributed by atoms with Crippen molar-refractivity contribution in [3.05, 3.63) is 11.0 Å². The van der Waals surface area contributed by atoms with Crippen LogP contribution in [0.25, 0.3) is 0 Å². The molecule has 0 amide bonds. The summed E-state index contributed by atoms with van der Waals surface area (Å²) in [5.74, 6) is 0.538. The molecular weight excluding hydrogens is 228 g/mol. The first-order valence-electron chi connectivity index (χ1n) is 4.94. The molecule has 0 aliphatic carbocycles. The van der Waals surface area contributed by atoms with E-state index in [0.717, 1.165) is 0 Å². The van der Waals surface area contributed by atoms with E-state index in [1.54, 1.807) is 11.8 Å². The van der Waals surface area contributed by atoms with Crippen molar-refractivity contribution in [2.24, 2.45) is 0 Å². The molecule has 16 heavy (non-hydrogen) atoms. The first kappa shape index (κ1) is 13.0. The monoisotopic (exact) mass is 244 g/mol. The normalized spacial score (nSPS) is 11.6. The fourth-order valence-electron chi connectivity index (χ4n) is 1.18. The van der Waals surface area contributed by atoms with Crippen molar-refractivity contribution in [1.29, 1.82) is 0 Å². The molecule has 3 N–H and O–H groups in total. The van der Waals surface area contributed by atoms with Gasteiger partial charge in [-0.2, -0.15) is 4.98 Å². The lowest BCUT2D eigenvalue weighted by Crippen LogP contribution is -2.45. The van der Waals surface area contributed by atoms with E-state index < -0.39 is 5.54 Å². The molecule has 0 saturated carbocycles. The molecule has 1 aromatic heterocycles. The maximum absolute atomic E-state index is 9.30. The smallest absolute Gasteiger partial charge is 0.224 e. The summed E-state index contributed by atoms with van der Waals surface area (Å²) in [5.41, 5.74) is 6.55. The number of anilines is 2. The molecule has 1 heterocycles. The zero-order valence-corrected chi connectivity index (χ0v) is 10.7. The van der Waals surface area contributed by atoms with Crippen LogP contribution < -0.4 is 10.6 Å². The van der Waals surface area contributed by atoms with Gasteiger partial charge in [0.15, 0.2) is 5.82 Å². The van der Waals surface area contributed by atoms with Crippen molar-refractivity contribution in [3.63, 3.8) is 0 Å². The Hall–Kier alpha value is -1.07. The minimum absolute atomic E-state index is 0.0103. The predicted molar refractivity (Wildman–Crippen MR) is 65.8 cm³/mol. The van der Waals surface area contributed by atoms with E-state index in [0.29, 0.717) is 17.2 Å². The van der Waals surface area contributed by atoms with Crippen LogP contribution in [-0.4, -0.2) is 34.3 Å². The third-order valence-corrected chi connectivity index (χ3v) is 2.87. The largest absolute Gasteiger partial charge is 0.394 e. The molecule has 0 radical (unpaired) electrons. The maximum Gasteiger partial charge on any atom is 0.224 e. The van der Waals surface area contributed by atoms with Crippen LogP contribution >= 0.6 is 11.6 Å². The molecule has 0 aromatic carbocycles. The van der Waals surface area contributed by atoms with Crippen LogP contribution in [0.4, 0.5) is 11.5 Å². The number of nitrogens with two attached hydrogens (primary N) is 1. The summed E-state index contributed by atoms with van der Waals surface area (Å²) in [6, 6.07) is 0. The van der Waals surface area contributed by atoms with Gasteiger partial charge < -0.3 is 15.7 Å². The number of nitrogens with zero attached hydrogens (tertiary/aromatic N) is 3. The zero-order chi connectivity index (χ0) is 12.5. The van der Waals surface area contributed by atoms with Crippen molar-refractivity contribution >= 4 is 23.1 Å². The fourth-order valence-corrected chi connectivity index (χ4v) is 1.39. The first-order valence-corrected chi connectivity index (χ1v) is 5.31. The summed E-state index contributed by atoms with van der Waals surface area (Å²) in [6.45, 7) is 5.53. The molecule has 90 valence electrons. The number of aromatic nitrogens is 2. The number of halogens is 1. The third-order valence-electron chi connectivity index (χ3n) is 2.70. The Labute approximate surface area is 100 Å². The van der Waals surface area contributed by atoms with Crippen molar-refractivity contribution in [1.82, 2.24) is 9.97 Å². The molecule has 0 spiro atoms. The van der Waals surface area contributed by atoms with Crippen LogP contribution in [-0.2, 0) is 0 Å². The highest BCUT2D eigenvalue weighted by molar-refractivity contribution is 6.28. The van der Waals surface area contributed by atoms with Gasteiger partial charge in [0, 0.05) is 7.05 Å². The van der Waals surface area contributed by atoms with Gasteiger partial charge in [-0.15, -0.1) is 0 Å². The summed E-state index contributed by atoms with van der Waals surface area (Å²) < 4.78 is 0. The SMILES string of the molecule is Cc1nc(Cl)nc(N(C)C(C)(C)CO)c1N. The van der Waals surface area contributed by atoms with Gasteiger partial charge in [-0.3, -0.25) is 0 Å². The van der Waals surface area contributed by atoms with E-state index in [9.17, 15) is 5.11 Å². The maximum atomic E-state index is 9.30. The molecule has 0 bridgehead atoms. The van der Waals surface area contributed by atoms with E-state index in [1.807, 2.05) is 20.9 Å². The number of aliphatic hydroxyl groups is 1. The van der Waals surface area contributed by atoms with E-state index in [1.165, 1.54) is 0 Å². The van der Waals surface area contributed by atoms with Crippen molar-refractivity contribution in [3.8, 4) is 0 Å². The van der Waals surface area contributed by atoms with Crippen molar-refractivity contribution in [2.45, 2.75) is 26.3 Å². The van der Waals surface area contributed by atoms with Gasteiger partial charge in [-0.25, -0.2) is 4.98 Å². The molecule has 1 aromatic rings. The topological polar surface area (TPSA) is 75.3 Å². The van der Waals surface area contributed by atoms with Crippen molar-refractivity contribution in [2.75, 3.05) is 24.3 Å². The molecule has 0 aliphatic rings. The van der Waals surface area contributed by atoms with Crippen LogP contribution in [0.5, 0.6) is 0 Å². The highest BCUT2D eigenvalue weighted by atomic mass is 35.5. The predicted octanol–water partition coefficient (Wildman–Crippen LogP) is 1.23. The lowest BCUT2D eigenvalue weighted by Gasteiger charge is -2.35. The molecule has 6 heteroatoms. The Balaban J connectivity index is 3.23. The lowest BCUT2D eigenvalue weighted by molar-refractivity contribution is 0.215. The second-order valence-corrected chi connectivity index (χ2v) is 4.68. The molecule has 0 fully saturated rings. The summed E-state index contributed by atoms with van der Waals surface area (Å²) in [5, 5.41) is 9.45. The minimum atomic E-state index is -0.460. The molecule has 1 rings (SSSR count). The molecule has 0 atom stereocenters. The zero-order valence-electron chi connectivity index (χ0n) is 9.95. The van der Waals surface area contributed by atoms with Gasteiger partial charge >= 0.3 is 0 Å². The van der Waals surface area contributed by atoms with Crippen LogP contribution in [0.3, 0.4) is 0 Å². The number of aliphatic hydroxyl groups excluding tert-OH is 1. The number of rotatable bonds is 3. The number of hydrogen-bond donors (Lipinski definition) is 2. The Morgan fingerprint density at radius 2 is 2.00 bits per heavy atom. The minimum Gasteiger partial charge on any atom is -0.394 e.